The van der Waals surface area contributed by atoms with E-state index in [-0.39, 0.29) is 13.0 Å². The van der Waals surface area contributed by atoms with Crippen molar-refractivity contribution in [1.82, 2.24) is 25.2 Å². The van der Waals surface area contributed by atoms with Gasteiger partial charge in [-0.05, 0) is 0 Å². The van der Waals surface area contributed by atoms with Gasteiger partial charge in [-0.15, -0.1) is 5.10 Å². The molecule has 0 aliphatic carbocycles. The molecule has 2 rings (SSSR count). The number of aliphatic hydroxyl groups excluding tert-OH is 1. The largest absolute Gasteiger partial charge is 0.480 e. The molecule has 9 nitrogen and oxygen atoms in total. The van der Waals surface area contributed by atoms with Crippen LogP contribution in [0.3, 0.4) is 0 Å². The van der Waals surface area contributed by atoms with Crippen LogP contribution in [-0.4, -0.2) is 67.3 Å². The van der Waals surface area contributed by atoms with Crippen molar-refractivity contribution in [3.8, 4) is 0 Å². The summed E-state index contributed by atoms with van der Waals surface area (Å²) in [6.07, 6.45) is 2.46. The summed E-state index contributed by atoms with van der Waals surface area (Å²) in [5.41, 5.74) is 0. The van der Waals surface area contributed by atoms with Gasteiger partial charge in [0.15, 0.2) is 0 Å². The number of carboxylic acids is 1. The van der Waals surface area contributed by atoms with E-state index in [0.717, 1.165) is 4.90 Å². The van der Waals surface area contributed by atoms with Gasteiger partial charge >= 0.3 is 12.0 Å². The monoisotopic (exact) mass is 269 g/mol. The van der Waals surface area contributed by atoms with Crippen LogP contribution in [-0.2, 0) is 11.3 Å². The molecule has 1 unspecified atom stereocenters. The van der Waals surface area contributed by atoms with Crippen LogP contribution in [0.15, 0.2) is 12.4 Å². The van der Waals surface area contributed by atoms with Crippen LogP contribution in [0.25, 0.3) is 0 Å². The van der Waals surface area contributed by atoms with Crippen molar-refractivity contribution >= 4 is 12.0 Å². The molecule has 3 N–H and O–H groups in total. The van der Waals surface area contributed by atoms with E-state index in [2.05, 4.69) is 15.6 Å². The maximum absolute atomic E-state index is 11.8. The number of β-amino-alcohol motifs (C(OH)–C–C–N with tert-alkyl or cyclic N) is 1. The number of carbonyl (C=O) groups is 2. The van der Waals surface area contributed by atoms with Crippen molar-refractivity contribution in [3.05, 3.63) is 12.4 Å². The molecule has 19 heavy (non-hydrogen) atoms. The lowest BCUT2D eigenvalue weighted by molar-refractivity contribution is -0.141. The number of carbonyl (C=O) groups excluding carboxylic acids is 1. The van der Waals surface area contributed by atoms with E-state index in [1.165, 1.54) is 6.20 Å². The minimum absolute atomic E-state index is 0.0339. The molecule has 1 saturated heterocycles. The highest BCUT2D eigenvalue weighted by Gasteiger charge is 2.38. The summed E-state index contributed by atoms with van der Waals surface area (Å²) in [6.45, 7) is 0.785. The molecule has 2 amide bonds. The van der Waals surface area contributed by atoms with E-state index in [4.69, 9.17) is 5.11 Å². The standard InChI is InChI=1S/C10H15N5O4/c16-7-5-8(9(17)18)15(6-7)10(19)11-1-3-14-4-2-12-13-14/h2,4,7-8,16H,1,3,5-6H2,(H,11,19)(H,17,18)/t7?,8-/m0/s1. The number of hydrogen-bond acceptors (Lipinski definition) is 5. The Labute approximate surface area is 108 Å². The quantitative estimate of drug-likeness (QED) is 0.612. The van der Waals surface area contributed by atoms with E-state index in [1.807, 2.05) is 0 Å². The average Bonchev–Trinajstić information content (AvgIpc) is 2.98. The molecule has 0 bridgehead atoms. The second kappa shape index (κ2) is 5.65. The van der Waals surface area contributed by atoms with Crippen LogP contribution in [0.4, 0.5) is 4.79 Å². The van der Waals surface area contributed by atoms with Gasteiger partial charge in [0.2, 0.25) is 0 Å². The summed E-state index contributed by atoms with van der Waals surface area (Å²) < 4.78 is 1.55. The van der Waals surface area contributed by atoms with E-state index in [1.54, 1.807) is 10.9 Å². The first-order valence-electron chi connectivity index (χ1n) is 5.87. The number of aromatic nitrogens is 3. The second-order valence-electron chi connectivity index (χ2n) is 4.29. The first kappa shape index (κ1) is 13.3. The highest BCUT2D eigenvalue weighted by atomic mass is 16.4. The predicted molar refractivity (Wildman–Crippen MR) is 62.2 cm³/mol. The first-order chi connectivity index (χ1) is 9.08. The Bertz CT molecular complexity index is 449. The molecule has 1 aliphatic heterocycles. The number of aliphatic hydroxyl groups is 1. The van der Waals surface area contributed by atoms with Crippen molar-refractivity contribution in [1.29, 1.82) is 0 Å². The highest BCUT2D eigenvalue weighted by molar-refractivity contribution is 5.83. The van der Waals surface area contributed by atoms with Gasteiger partial charge in [0.05, 0.1) is 18.8 Å². The summed E-state index contributed by atoms with van der Waals surface area (Å²) in [5, 5.41) is 28.4. The van der Waals surface area contributed by atoms with Gasteiger partial charge in [-0.3, -0.25) is 4.68 Å². The fraction of sp³-hybridized carbons (Fsp3) is 0.600. The molecule has 1 fully saturated rings. The molecular weight excluding hydrogens is 254 g/mol. The van der Waals surface area contributed by atoms with Gasteiger partial charge in [0.25, 0.3) is 0 Å². The predicted octanol–water partition coefficient (Wildman–Crippen LogP) is -1.49. The molecule has 1 aromatic heterocycles. The van der Waals surface area contributed by atoms with Gasteiger partial charge in [0, 0.05) is 25.7 Å². The van der Waals surface area contributed by atoms with Crippen LogP contribution >= 0.6 is 0 Å². The van der Waals surface area contributed by atoms with Crippen molar-refractivity contribution in [2.45, 2.75) is 25.1 Å². The summed E-state index contributed by atoms with van der Waals surface area (Å²) >= 11 is 0. The van der Waals surface area contributed by atoms with Crippen molar-refractivity contribution in [2.24, 2.45) is 0 Å². The van der Waals surface area contributed by atoms with Gasteiger partial charge < -0.3 is 20.4 Å². The van der Waals surface area contributed by atoms with E-state index in [0.29, 0.717) is 13.1 Å². The minimum atomic E-state index is -1.11. The van der Waals surface area contributed by atoms with Crippen LogP contribution in [0, 0.1) is 0 Å². The fourth-order valence-electron chi connectivity index (χ4n) is 2.00. The second-order valence-corrected chi connectivity index (χ2v) is 4.29. The zero-order valence-corrected chi connectivity index (χ0v) is 10.1. The Kier molecular flexibility index (Phi) is 3.95. The lowest BCUT2D eigenvalue weighted by atomic mass is 10.2. The van der Waals surface area contributed by atoms with Crippen molar-refractivity contribution in [3.63, 3.8) is 0 Å². The maximum Gasteiger partial charge on any atom is 0.326 e. The topological polar surface area (TPSA) is 121 Å². The molecule has 0 saturated carbocycles. The number of hydrogen-bond donors (Lipinski definition) is 3. The van der Waals surface area contributed by atoms with Gasteiger partial charge in [-0.1, -0.05) is 5.21 Å². The van der Waals surface area contributed by atoms with Crippen molar-refractivity contribution < 1.29 is 19.8 Å². The van der Waals surface area contributed by atoms with Crippen LogP contribution in [0.5, 0.6) is 0 Å². The van der Waals surface area contributed by atoms with Gasteiger partial charge in [-0.25, -0.2) is 9.59 Å². The Morgan fingerprint density at radius 2 is 2.26 bits per heavy atom. The summed E-state index contributed by atoms with van der Waals surface area (Å²) in [5.74, 6) is -1.11. The zero-order valence-electron chi connectivity index (χ0n) is 10.1. The number of nitrogens with one attached hydrogen (secondary N) is 1. The molecule has 0 spiro atoms. The third kappa shape index (κ3) is 3.19. The third-order valence-corrected chi connectivity index (χ3v) is 2.91. The lowest BCUT2D eigenvalue weighted by Crippen LogP contribution is -2.46. The number of amides is 2. The Balaban J connectivity index is 1.83. The summed E-state index contributed by atoms with van der Waals surface area (Å²) in [4.78, 5) is 23.9. The maximum atomic E-state index is 11.8. The first-order valence-corrected chi connectivity index (χ1v) is 5.87. The zero-order chi connectivity index (χ0) is 13.8. The number of urea groups is 1. The molecule has 0 radical (unpaired) electrons. The lowest BCUT2D eigenvalue weighted by Gasteiger charge is -2.21. The van der Waals surface area contributed by atoms with E-state index < -0.39 is 24.1 Å². The van der Waals surface area contributed by atoms with Crippen LogP contribution in [0.2, 0.25) is 0 Å². The molecule has 1 aliphatic rings. The van der Waals surface area contributed by atoms with E-state index in [9.17, 15) is 14.7 Å². The molecular formula is C10H15N5O4. The number of likely N-dealkylation sites (tertiary alicyclic amines) is 1. The average molecular weight is 269 g/mol. The summed E-state index contributed by atoms with van der Waals surface area (Å²) in [7, 11) is 0. The number of carboxylic acid groups (broad SMARTS) is 1. The number of nitrogens with zero attached hydrogens (tertiary/aromatic N) is 4. The molecule has 2 atom stereocenters. The van der Waals surface area contributed by atoms with Crippen LogP contribution < -0.4 is 5.32 Å². The Morgan fingerprint density at radius 1 is 1.47 bits per heavy atom. The fourth-order valence-corrected chi connectivity index (χ4v) is 2.00. The third-order valence-electron chi connectivity index (χ3n) is 2.91. The number of aliphatic carboxylic acids is 1. The normalized spacial score (nSPS) is 22.5. The van der Waals surface area contributed by atoms with Crippen LogP contribution in [0.1, 0.15) is 6.42 Å². The van der Waals surface area contributed by atoms with Crippen molar-refractivity contribution in [2.75, 3.05) is 13.1 Å². The molecule has 104 valence electrons. The van der Waals surface area contributed by atoms with Gasteiger partial charge in [0.1, 0.15) is 6.04 Å². The minimum Gasteiger partial charge on any atom is -0.480 e. The molecule has 0 aromatic carbocycles. The highest BCUT2D eigenvalue weighted by Crippen LogP contribution is 2.17. The molecule has 2 heterocycles. The van der Waals surface area contributed by atoms with Gasteiger partial charge in [-0.2, -0.15) is 0 Å². The summed E-state index contributed by atoms with van der Waals surface area (Å²) in [6, 6.07) is -1.47. The Morgan fingerprint density at radius 3 is 2.89 bits per heavy atom. The molecule has 1 aromatic rings. The number of rotatable bonds is 4. The smallest absolute Gasteiger partial charge is 0.326 e. The SMILES string of the molecule is O=C(O)[C@@H]1CC(O)CN1C(=O)NCCn1ccnn1. The molecule has 9 heteroatoms. The van der Waals surface area contributed by atoms with E-state index >= 15 is 0 Å². The Hall–Kier alpha value is -2.16.